The van der Waals surface area contributed by atoms with E-state index in [-0.39, 0.29) is 5.72 Å². The molecule has 3 nitrogen and oxygen atoms in total. The number of unbranched alkanes of at least 4 members (excludes halogenated alkanes) is 11. The van der Waals surface area contributed by atoms with Gasteiger partial charge in [0.25, 0.3) is 0 Å². The number of rotatable bonds is 14. The first kappa shape index (κ1) is 21.7. The molecule has 1 N–H and O–H groups in total. The third-order valence-electron chi connectivity index (χ3n) is 5.08. The van der Waals surface area contributed by atoms with E-state index < -0.39 is 6.23 Å². The Bertz CT molecular complexity index is 328. The molecule has 1 aliphatic rings. The smallest absolute Gasteiger partial charge is 0.128 e. The summed E-state index contributed by atoms with van der Waals surface area (Å²) in [5, 5.41) is 10.2. The third-order valence-corrected chi connectivity index (χ3v) is 5.08. The van der Waals surface area contributed by atoms with Gasteiger partial charge in [0, 0.05) is 6.54 Å². The fourth-order valence-electron chi connectivity index (χ4n) is 3.44. The summed E-state index contributed by atoms with van der Waals surface area (Å²) in [5.74, 6) is 0. The van der Waals surface area contributed by atoms with Crippen LogP contribution in [-0.2, 0) is 4.74 Å². The first-order chi connectivity index (χ1) is 11.6. The minimum atomic E-state index is -0.518. The molecule has 1 unspecified atom stereocenters. The Morgan fingerprint density at radius 2 is 1.50 bits per heavy atom. The monoisotopic (exact) mass is 339 g/mol. The Morgan fingerprint density at radius 3 is 2.00 bits per heavy atom. The molecule has 1 atom stereocenters. The van der Waals surface area contributed by atoms with E-state index in [1.165, 1.54) is 70.6 Å². The van der Waals surface area contributed by atoms with E-state index in [0.29, 0.717) is 6.61 Å². The van der Waals surface area contributed by atoms with Crippen LogP contribution in [0.5, 0.6) is 0 Å². The molecule has 3 heteroatoms. The molecular formula is C21H41NO2. The molecule has 0 aromatic rings. The lowest BCUT2D eigenvalue weighted by molar-refractivity contribution is -0.104. The number of aliphatic hydroxyl groups excluding tert-OH is 1. The van der Waals surface area contributed by atoms with Gasteiger partial charge in [-0.25, -0.2) is 4.90 Å². The minimum Gasteiger partial charge on any atom is -0.375 e. The minimum absolute atomic E-state index is 0.347. The van der Waals surface area contributed by atoms with Gasteiger partial charge in [0.15, 0.2) is 0 Å². The van der Waals surface area contributed by atoms with E-state index in [2.05, 4.69) is 13.0 Å². The van der Waals surface area contributed by atoms with E-state index in [1.807, 2.05) is 24.8 Å². The van der Waals surface area contributed by atoms with Gasteiger partial charge < -0.3 is 9.84 Å². The maximum Gasteiger partial charge on any atom is 0.128 e. The highest BCUT2D eigenvalue weighted by atomic mass is 16.5. The topological polar surface area (TPSA) is 32.7 Å². The van der Waals surface area contributed by atoms with Crippen LogP contribution < -0.4 is 0 Å². The van der Waals surface area contributed by atoms with Crippen LogP contribution in [0, 0.1) is 0 Å². The zero-order chi connectivity index (χ0) is 17.7. The second-order valence-electron chi connectivity index (χ2n) is 7.65. The molecule has 1 rings (SSSR count). The van der Waals surface area contributed by atoms with Gasteiger partial charge in [-0.3, -0.25) is 0 Å². The van der Waals surface area contributed by atoms with E-state index in [9.17, 15) is 5.11 Å². The molecule has 1 aliphatic heterocycles. The molecule has 24 heavy (non-hydrogen) atoms. The van der Waals surface area contributed by atoms with E-state index >= 15 is 0 Å². The predicted molar refractivity (Wildman–Crippen MR) is 103 cm³/mol. The fourth-order valence-corrected chi connectivity index (χ4v) is 3.44. The van der Waals surface area contributed by atoms with Crippen LogP contribution in [0.1, 0.15) is 97.8 Å². The number of allylic oxidation sites excluding steroid dienone is 1. The van der Waals surface area contributed by atoms with Gasteiger partial charge in [0.1, 0.15) is 12.0 Å². The van der Waals surface area contributed by atoms with Gasteiger partial charge in [0.05, 0.1) is 6.61 Å². The maximum absolute atomic E-state index is 10.2. The lowest BCUT2D eigenvalue weighted by Gasteiger charge is -2.32. The summed E-state index contributed by atoms with van der Waals surface area (Å²) in [5.41, 5.74) is -0.347. The van der Waals surface area contributed by atoms with Gasteiger partial charge in [-0.1, -0.05) is 77.2 Å². The van der Waals surface area contributed by atoms with Crippen molar-refractivity contribution in [1.29, 1.82) is 0 Å². The van der Waals surface area contributed by atoms with Crippen molar-refractivity contribution in [2.45, 2.75) is 110 Å². The average Bonchev–Trinajstić information content (AvgIpc) is 2.91. The predicted octanol–water partition coefficient (Wildman–Crippen LogP) is 5.63. The van der Waals surface area contributed by atoms with Crippen molar-refractivity contribution in [1.82, 2.24) is 4.90 Å². The highest BCUT2D eigenvalue weighted by Gasteiger charge is 2.36. The second-order valence-corrected chi connectivity index (χ2v) is 7.65. The summed E-state index contributed by atoms with van der Waals surface area (Å²) in [7, 11) is 0. The lowest BCUT2D eigenvalue weighted by Crippen LogP contribution is -2.45. The van der Waals surface area contributed by atoms with Crippen LogP contribution in [-0.4, -0.2) is 35.1 Å². The van der Waals surface area contributed by atoms with E-state index in [0.717, 1.165) is 13.0 Å². The third kappa shape index (κ3) is 9.19. The van der Waals surface area contributed by atoms with Crippen LogP contribution in [0.25, 0.3) is 0 Å². The standard InChI is InChI=1S/C21H41NO2/c1-4-5-6-7-8-9-10-11-12-13-14-15-16-17-20(23)22-18-19-24-21(22,2)3/h16-17,20,23H,4-15,18-19H2,1-3H3. The van der Waals surface area contributed by atoms with Crippen LogP contribution in [0.2, 0.25) is 0 Å². The zero-order valence-corrected chi connectivity index (χ0v) is 16.4. The number of nitrogens with zero attached hydrogens (tertiary/aromatic N) is 1. The van der Waals surface area contributed by atoms with Crippen LogP contribution in [0.3, 0.4) is 0 Å². The average molecular weight is 340 g/mol. The fraction of sp³-hybridized carbons (Fsp3) is 0.905. The molecule has 0 radical (unpaired) electrons. The molecule has 0 bridgehead atoms. The Balaban J connectivity index is 1.91. The van der Waals surface area contributed by atoms with Crippen LogP contribution in [0.15, 0.2) is 12.2 Å². The summed E-state index contributed by atoms with van der Waals surface area (Å²) >= 11 is 0. The normalized spacial score (nSPS) is 19.3. The molecule has 0 aliphatic carbocycles. The van der Waals surface area contributed by atoms with Crippen molar-refractivity contribution in [2.75, 3.05) is 13.2 Å². The number of ether oxygens (including phenoxy) is 1. The molecule has 0 spiro atoms. The molecule has 0 aromatic carbocycles. The molecule has 0 amide bonds. The van der Waals surface area contributed by atoms with Gasteiger partial charge in [0.2, 0.25) is 0 Å². The highest BCUT2D eigenvalue weighted by Crippen LogP contribution is 2.24. The molecule has 0 saturated carbocycles. The Morgan fingerprint density at radius 1 is 0.958 bits per heavy atom. The van der Waals surface area contributed by atoms with Gasteiger partial charge in [-0.05, 0) is 32.8 Å². The Kier molecular flexibility index (Phi) is 11.7. The summed E-state index contributed by atoms with van der Waals surface area (Å²) in [6, 6.07) is 0. The Labute approximate surface area is 150 Å². The van der Waals surface area contributed by atoms with Gasteiger partial charge >= 0.3 is 0 Å². The van der Waals surface area contributed by atoms with E-state index in [4.69, 9.17) is 4.74 Å². The largest absolute Gasteiger partial charge is 0.375 e. The van der Waals surface area contributed by atoms with Crippen molar-refractivity contribution in [3.63, 3.8) is 0 Å². The zero-order valence-electron chi connectivity index (χ0n) is 16.4. The highest BCUT2D eigenvalue weighted by molar-refractivity contribution is 4.93. The van der Waals surface area contributed by atoms with Crippen molar-refractivity contribution in [3.05, 3.63) is 12.2 Å². The van der Waals surface area contributed by atoms with Gasteiger partial charge in [-0.2, -0.15) is 0 Å². The quantitative estimate of drug-likeness (QED) is 0.329. The molecular weight excluding hydrogens is 298 g/mol. The molecule has 1 saturated heterocycles. The van der Waals surface area contributed by atoms with Gasteiger partial charge in [-0.15, -0.1) is 0 Å². The molecule has 1 heterocycles. The number of aliphatic hydroxyl groups is 1. The lowest BCUT2D eigenvalue weighted by atomic mass is 10.1. The first-order valence-electron chi connectivity index (χ1n) is 10.3. The van der Waals surface area contributed by atoms with Crippen molar-refractivity contribution < 1.29 is 9.84 Å². The summed E-state index contributed by atoms with van der Waals surface area (Å²) in [6.07, 6.45) is 19.8. The van der Waals surface area contributed by atoms with Crippen molar-refractivity contribution >= 4 is 0 Å². The van der Waals surface area contributed by atoms with Crippen LogP contribution in [0.4, 0.5) is 0 Å². The number of hydrogen-bond donors (Lipinski definition) is 1. The van der Waals surface area contributed by atoms with Crippen LogP contribution >= 0.6 is 0 Å². The molecule has 0 aromatic heterocycles. The molecule has 142 valence electrons. The summed E-state index contributed by atoms with van der Waals surface area (Å²) in [4.78, 5) is 2.00. The summed E-state index contributed by atoms with van der Waals surface area (Å²) in [6.45, 7) is 7.81. The number of hydrogen-bond acceptors (Lipinski definition) is 3. The Hall–Kier alpha value is -0.380. The molecule has 1 fully saturated rings. The second kappa shape index (κ2) is 12.9. The SMILES string of the molecule is CCCCCCCCCCCCCC=CC(O)N1CCOC1(C)C. The van der Waals surface area contributed by atoms with Crippen molar-refractivity contribution in [2.24, 2.45) is 0 Å². The van der Waals surface area contributed by atoms with E-state index in [1.54, 1.807) is 0 Å². The van der Waals surface area contributed by atoms with Crippen molar-refractivity contribution in [3.8, 4) is 0 Å². The summed E-state index contributed by atoms with van der Waals surface area (Å²) < 4.78 is 5.62. The first-order valence-corrected chi connectivity index (χ1v) is 10.3. The maximum atomic E-state index is 10.2.